The van der Waals surface area contributed by atoms with Gasteiger partial charge in [0.05, 0.1) is 0 Å². The SMILES string of the molecule is CCCC(N)CC(=O)N(C)Cc1ccccc1C. The molecule has 0 spiro atoms. The highest BCUT2D eigenvalue weighted by atomic mass is 16.2. The van der Waals surface area contributed by atoms with E-state index in [1.165, 1.54) is 11.1 Å². The van der Waals surface area contributed by atoms with Gasteiger partial charge in [0.1, 0.15) is 0 Å². The van der Waals surface area contributed by atoms with Crippen LogP contribution < -0.4 is 5.73 Å². The lowest BCUT2D eigenvalue weighted by Crippen LogP contribution is -2.33. The van der Waals surface area contributed by atoms with E-state index in [4.69, 9.17) is 5.73 Å². The van der Waals surface area contributed by atoms with Gasteiger partial charge in [0.25, 0.3) is 0 Å². The maximum atomic E-state index is 12.0. The predicted octanol–water partition coefficient (Wildman–Crippen LogP) is 2.47. The second kappa shape index (κ2) is 7.17. The summed E-state index contributed by atoms with van der Waals surface area (Å²) in [6, 6.07) is 8.13. The van der Waals surface area contributed by atoms with Gasteiger partial charge in [0.15, 0.2) is 0 Å². The summed E-state index contributed by atoms with van der Waals surface area (Å²) in [4.78, 5) is 13.8. The summed E-state index contributed by atoms with van der Waals surface area (Å²) >= 11 is 0. The van der Waals surface area contributed by atoms with Crippen LogP contribution in [0.5, 0.6) is 0 Å². The van der Waals surface area contributed by atoms with Crippen molar-refractivity contribution in [3.8, 4) is 0 Å². The van der Waals surface area contributed by atoms with E-state index in [2.05, 4.69) is 26.0 Å². The third-order valence-corrected chi connectivity index (χ3v) is 3.19. The summed E-state index contributed by atoms with van der Waals surface area (Å²) < 4.78 is 0. The fraction of sp³-hybridized carbons (Fsp3) is 0.533. The Morgan fingerprint density at radius 2 is 2.06 bits per heavy atom. The molecule has 0 aliphatic rings. The summed E-state index contributed by atoms with van der Waals surface area (Å²) in [7, 11) is 1.84. The van der Waals surface area contributed by atoms with Crippen LogP contribution in [0.25, 0.3) is 0 Å². The summed E-state index contributed by atoms with van der Waals surface area (Å²) in [5.41, 5.74) is 8.31. The van der Waals surface area contributed by atoms with Crippen molar-refractivity contribution < 1.29 is 4.79 Å². The predicted molar refractivity (Wildman–Crippen MR) is 75.2 cm³/mol. The zero-order chi connectivity index (χ0) is 13.5. The van der Waals surface area contributed by atoms with E-state index in [0.29, 0.717) is 13.0 Å². The highest BCUT2D eigenvalue weighted by molar-refractivity contribution is 5.76. The molecule has 1 aromatic rings. The molecule has 1 rings (SSSR count). The number of amides is 1. The minimum Gasteiger partial charge on any atom is -0.341 e. The summed E-state index contributed by atoms with van der Waals surface area (Å²) in [6.45, 7) is 4.81. The van der Waals surface area contributed by atoms with Crippen molar-refractivity contribution in [2.24, 2.45) is 5.73 Å². The van der Waals surface area contributed by atoms with Crippen LogP contribution in [-0.4, -0.2) is 23.9 Å². The molecule has 0 aliphatic carbocycles. The number of nitrogens with two attached hydrogens (primary N) is 1. The number of carbonyl (C=O) groups is 1. The van der Waals surface area contributed by atoms with Crippen LogP contribution >= 0.6 is 0 Å². The van der Waals surface area contributed by atoms with Gasteiger partial charge in [-0.15, -0.1) is 0 Å². The lowest BCUT2D eigenvalue weighted by molar-refractivity contribution is -0.130. The zero-order valence-corrected chi connectivity index (χ0v) is 11.6. The Morgan fingerprint density at radius 3 is 2.67 bits per heavy atom. The molecule has 0 fully saturated rings. The van der Waals surface area contributed by atoms with Gasteiger partial charge in [-0.25, -0.2) is 0 Å². The van der Waals surface area contributed by atoms with E-state index in [1.54, 1.807) is 4.90 Å². The first-order valence-electron chi connectivity index (χ1n) is 6.58. The minimum absolute atomic E-state index is 0.0122. The molecule has 0 bridgehead atoms. The fourth-order valence-corrected chi connectivity index (χ4v) is 1.98. The first-order valence-corrected chi connectivity index (χ1v) is 6.58. The van der Waals surface area contributed by atoms with Crippen molar-refractivity contribution in [2.75, 3.05) is 7.05 Å². The zero-order valence-electron chi connectivity index (χ0n) is 11.6. The first-order chi connectivity index (χ1) is 8.54. The second-order valence-electron chi connectivity index (χ2n) is 4.93. The largest absolute Gasteiger partial charge is 0.341 e. The van der Waals surface area contributed by atoms with Gasteiger partial charge in [0.2, 0.25) is 5.91 Å². The number of rotatable bonds is 6. The van der Waals surface area contributed by atoms with Crippen LogP contribution in [0.3, 0.4) is 0 Å². The van der Waals surface area contributed by atoms with Crippen LogP contribution in [0.2, 0.25) is 0 Å². The first kappa shape index (κ1) is 14.7. The number of benzene rings is 1. The Kier molecular flexibility index (Phi) is 5.86. The summed E-state index contributed by atoms with van der Waals surface area (Å²) in [5, 5.41) is 0. The van der Waals surface area contributed by atoms with Crippen molar-refractivity contribution in [3.63, 3.8) is 0 Å². The maximum absolute atomic E-state index is 12.0. The van der Waals surface area contributed by atoms with Gasteiger partial charge in [0, 0.05) is 26.1 Å². The third-order valence-electron chi connectivity index (χ3n) is 3.19. The van der Waals surface area contributed by atoms with E-state index < -0.39 is 0 Å². The third kappa shape index (κ3) is 4.49. The van der Waals surface area contributed by atoms with Gasteiger partial charge in [-0.05, 0) is 24.5 Å². The molecule has 0 aromatic heterocycles. The highest BCUT2D eigenvalue weighted by Gasteiger charge is 2.13. The van der Waals surface area contributed by atoms with Gasteiger partial charge in [-0.2, -0.15) is 0 Å². The smallest absolute Gasteiger partial charge is 0.224 e. The lowest BCUT2D eigenvalue weighted by atomic mass is 10.1. The molecule has 1 atom stereocenters. The van der Waals surface area contributed by atoms with E-state index in [-0.39, 0.29) is 11.9 Å². The van der Waals surface area contributed by atoms with E-state index in [1.807, 2.05) is 19.2 Å². The van der Waals surface area contributed by atoms with Gasteiger partial charge in [-0.3, -0.25) is 4.79 Å². The van der Waals surface area contributed by atoms with Crippen LogP contribution in [0.15, 0.2) is 24.3 Å². The molecule has 100 valence electrons. The van der Waals surface area contributed by atoms with Crippen molar-refractivity contribution >= 4 is 5.91 Å². The van der Waals surface area contributed by atoms with Gasteiger partial charge in [-0.1, -0.05) is 37.6 Å². The molecular formula is C15H24N2O. The molecule has 0 aliphatic heterocycles. The van der Waals surface area contributed by atoms with Crippen molar-refractivity contribution in [1.82, 2.24) is 4.90 Å². The Bertz CT molecular complexity index is 390. The highest BCUT2D eigenvalue weighted by Crippen LogP contribution is 2.11. The normalized spacial score (nSPS) is 12.2. The molecule has 18 heavy (non-hydrogen) atoms. The number of hydrogen-bond acceptors (Lipinski definition) is 2. The average Bonchev–Trinajstić information content (AvgIpc) is 2.32. The summed E-state index contributed by atoms with van der Waals surface area (Å²) in [5.74, 6) is 0.124. The van der Waals surface area contributed by atoms with E-state index in [9.17, 15) is 4.79 Å². The summed E-state index contributed by atoms with van der Waals surface area (Å²) in [6.07, 6.45) is 2.37. The van der Waals surface area contributed by atoms with Crippen LogP contribution in [-0.2, 0) is 11.3 Å². The van der Waals surface area contributed by atoms with Crippen molar-refractivity contribution in [3.05, 3.63) is 35.4 Å². The van der Waals surface area contributed by atoms with Crippen LogP contribution in [0, 0.1) is 6.92 Å². The Balaban J connectivity index is 2.52. The Hall–Kier alpha value is -1.35. The molecular weight excluding hydrogens is 224 g/mol. The Labute approximate surface area is 110 Å². The molecule has 0 saturated carbocycles. The molecule has 3 heteroatoms. The molecule has 0 heterocycles. The van der Waals surface area contributed by atoms with Crippen LogP contribution in [0.1, 0.15) is 37.3 Å². The number of nitrogens with zero attached hydrogens (tertiary/aromatic N) is 1. The van der Waals surface area contributed by atoms with E-state index in [0.717, 1.165) is 12.8 Å². The number of hydrogen-bond donors (Lipinski definition) is 1. The maximum Gasteiger partial charge on any atom is 0.224 e. The quantitative estimate of drug-likeness (QED) is 0.840. The minimum atomic E-state index is -0.0122. The number of aryl methyl sites for hydroxylation is 1. The molecule has 1 unspecified atom stereocenters. The van der Waals surface area contributed by atoms with Gasteiger partial charge < -0.3 is 10.6 Å². The van der Waals surface area contributed by atoms with Crippen molar-refractivity contribution in [1.29, 1.82) is 0 Å². The second-order valence-corrected chi connectivity index (χ2v) is 4.93. The topological polar surface area (TPSA) is 46.3 Å². The number of carbonyl (C=O) groups excluding carboxylic acids is 1. The van der Waals surface area contributed by atoms with Crippen LogP contribution in [0.4, 0.5) is 0 Å². The lowest BCUT2D eigenvalue weighted by Gasteiger charge is -2.20. The molecule has 0 radical (unpaired) electrons. The molecule has 1 aromatic carbocycles. The molecule has 3 nitrogen and oxygen atoms in total. The fourth-order valence-electron chi connectivity index (χ4n) is 1.98. The molecule has 2 N–H and O–H groups in total. The average molecular weight is 248 g/mol. The molecule has 1 amide bonds. The van der Waals surface area contributed by atoms with Crippen molar-refractivity contribution in [2.45, 2.75) is 45.7 Å². The molecule has 0 saturated heterocycles. The van der Waals surface area contributed by atoms with Gasteiger partial charge >= 0.3 is 0 Å². The van der Waals surface area contributed by atoms with E-state index >= 15 is 0 Å². The Morgan fingerprint density at radius 1 is 1.39 bits per heavy atom. The standard InChI is InChI=1S/C15H24N2O/c1-4-7-14(16)10-15(18)17(3)11-13-9-6-5-8-12(13)2/h5-6,8-9,14H,4,7,10-11,16H2,1-3H3. The monoisotopic (exact) mass is 248 g/mol.